The molecule has 0 aliphatic rings. The first-order chi connectivity index (χ1) is 9.69. The maximum atomic E-state index is 11.8. The molecule has 2 rings (SSSR count). The number of hydrogen-bond acceptors (Lipinski definition) is 4. The zero-order chi connectivity index (χ0) is 14.4. The van der Waals surface area contributed by atoms with E-state index in [0.717, 1.165) is 10.5 Å². The lowest BCUT2D eigenvalue weighted by Crippen LogP contribution is -2.14. The molecule has 0 saturated heterocycles. The quantitative estimate of drug-likeness (QED) is 0.658. The van der Waals surface area contributed by atoms with Crippen LogP contribution in [-0.4, -0.2) is 21.8 Å². The molecule has 0 spiro atoms. The number of carbonyl (C=O) groups excluding carboxylic acids is 1. The second-order valence-corrected chi connectivity index (χ2v) is 5.39. The van der Waals surface area contributed by atoms with Gasteiger partial charge in [-0.2, -0.15) is 0 Å². The third-order valence-electron chi connectivity index (χ3n) is 2.51. The molecular weight excluding hydrogens is 296 g/mol. The predicted octanol–water partition coefficient (Wildman–Crippen LogP) is 2.96. The first kappa shape index (κ1) is 14.8. The van der Waals surface area contributed by atoms with Gasteiger partial charge in [0.2, 0.25) is 5.91 Å². The molecule has 0 saturated carbocycles. The van der Waals surface area contributed by atoms with E-state index in [4.69, 9.17) is 16.7 Å². The van der Waals surface area contributed by atoms with Gasteiger partial charge in [0.15, 0.2) is 5.15 Å². The molecular formula is C14H13ClN2O2S. The van der Waals surface area contributed by atoms with Crippen LogP contribution in [0, 0.1) is 0 Å². The Labute approximate surface area is 126 Å². The summed E-state index contributed by atoms with van der Waals surface area (Å²) in [5, 5.41) is 11.9. The average Bonchev–Trinajstić information content (AvgIpc) is 2.48. The highest BCUT2D eigenvalue weighted by molar-refractivity contribution is 8.00. The zero-order valence-corrected chi connectivity index (χ0v) is 12.1. The van der Waals surface area contributed by atoms with Crippen LogP contribution < -0.4 is 5.32 Å². The number of benzene rings is 1. The van der Waals surface area contributed by atoms with Crippen molar-refractivity contribution in [2.24, 2.45) is 0 Å². The minimum atomic E-state index is -0.142. The number of halogens is 1. The van der Waals surface area contributed by atoms with E-state index in [1.54, 1.807) is 18.3 Å². The molecule has 0 atom stereocenters. The Balaban J connectivity index is 1.87. The number of anilines is 1. The predicted molar refractivity (Wildman–Crippen MR) is 81.0 cm³/mol. The van der Waals surface area contributed by atoms with Gasteiger partial charge < -0.3 is 10.4 Å². The summed E-state index contributed by atoms with van der Waals surface area (Å²) >= 11 is 7.28. The van der Waals surface area contributed by atoms with Crippen LogP contribution in [0.15, 0.2) is 47.5 Å². The molecule has 104 valence electrons. The first-order valence-electron chi connectivity index (χ1n) is 5.92. The molecule has 1 aromatic heterocycles. The van der Waals surface area contributed by atoms with Crippen molar-refractivity contribution in [1.82, 2.24) is 4.98 Å². The molecule has 0 radical (unpaired) electrons. The summed E-state index contributed by atoms with van der Waals surface area (Å²) in [6, 6.07) is 10.8. The van der Waals surface area contributed by atoms with Crippen molar-refractivity contribution in [3.05, 3.63) is 53.3 Å². The number of nitrogens with one attached hydrogen (secondary N) is 1. The second kappa shape index (κ2) is 7.28. The monoisotopic (exact) mass is 308 g/mol. The van der Waals surface area contributed by atoms with Gasteiger partial charge in [-0.15, -0.1) is 11.8 Å². The van der Waals surface area contributed by atoms with Gasteiger partial charge >= 0.3 is 0 Å². The summed E-state index contributed by atoms with van der Waals surface area (Å²) in [4.78, 5) is 16.7. The van der Waals surface area contributed by atoms with Crippen molar-refractivity contribution >= 4 is 35.0 Å². The molecule has 1 aromatic carbocycles. The Morgan fingerprint density at radius 1 is 1.30 bits per heavy atom. The number of amides is 1. The smallest absolute Gasteiger partial charge is 0.234 e. The highest BCUT2D eigenvalue weighted by Gasteiger charge is 2.06. The molecule has 20 heavy (non-hydrogen) atoms. The third-order valence-corrected chi connectivity index (χ3v) is 3.82. The van der Waals surface area contributed by atoms with Crippen molar-refractivity contribution in [1.29, 1.82) is 0 Å². The van der Waals surface area contributed by atoms with Crippen LogP contribution in [0.5, 0.6) is 0 Å². The number of pyridine rings is 1. The summed E-state index contributed by atoms with van der Waals surface area (Å²) in [6.45, 7) is 0.0188. The van der Waals surface area contributed by atoms with Gasteiger partial charge in [-0.25, -0.2) is 4.98 Å². The summed E-state index contributed by atoms with van der Waals surface area (Å²) in [6.07, 6.45) is 1.56. The van der Waals surface area contributed by atoms with Crippen molar-refractivity contribution in [2.75, 3.05) is 11.1 Å². The fourth-order valence-electron chi connectivity index (χ4n) is 1.51. The van der Waals surface area contributed by atoms with E-state index < -0.39 is 0 Å². The maximum Gasteiger partial charge on any atom is 0.234 e. The SMILES string of the molecule is O=C(CSc1ccc(CO)cc1)Nc1cccnc1Cl. The van der Waals surface area contributed by atoms with E-state index in [2.05, 4.69) is 10.3 Å². The molecule has 4 nitrogen and oxygen atoms in total. The van der Waals surface area contributed by atoms with Gasteiger partial charge in [0.1, 0.15) is 0 Å². The van der Waals surface area contributed by atoms with Gasteiger partial charge in [-0.3, -0.25) is 4.79 Å². The van der Waals surface area contributed by atoms with E-state index in [9.17, 15) is 4.79 Å². The summed E-state index contributed by atoms with van der Waals surface area (Å²) in [7, 11) is 0. The van der Waals surface area contributed by atoms with Crippen LogP contribution >= 0.6 is 23.4 Å². The molecule has 0 fully saturated rings. The van der Waals surface area contributed by atoms with Crippen molar-refractivity contribution in [2.45, 2.75) is 11.5 Å². The van der Waals surface area contributed by atoms with Crippen LogP contribution in [0.1, 0.15) is 5.56 Å². The van der Waals surface area contributed by atoms with Crippen LogP contribution in [0.4, 0.5) is 5.69 Å². The molecule has 6 heteroatoms. The Morgan fingerprint density at radius 3 is 2.70 bits per heavy atom. The van der Waals surface area contributed by atoms with Crippen molar-refractivity contribution in [3.63, 3.8) is 0 Å². The highest BCUT2D eigenvalue weighted by Crippen LogP contribution is 2.21. The third kappa shape index (κ3) is 4.23. The minimum absolute atomic E-state index is 0.0188. The Morgan fingerprint density at radius 2 is 2.05 bits per heavy atom. The van der Waals surface area contributed by atoms with E-state index in [-0.39, 0.29) is 23.4 Å². The number of aliphatic hydroxyl groups excluding tert-OH is 1. The van der Waals surface area contributed by atoms with Crippen LogP contribution in [0.3, 0.4) is 0 Å². The zero-order valence-electron chi connectivity index (χ0n) is 10.5. The molecule has 1 heterocycles. The molecule has 2 aromatic rings. The number of nitrogens with zero attached hydrogens (tertiary/aromatic N) is 1. The van der Waals surface area contributed by atoms with Gasteiger partial charge in [0.25, 0.3) is 0 Å². The second-order valence-electron chi connectivity index (χ2n) is 3.98. The van der Waals surface area contributed by atoms with Crippen LogP contribution in [-0.2, 0) is 11.4 Å². The van der Waals surface area contributed by atoms with Crippen molar-refractivity contribution in [3.8, 4) is 0 Å². The Kier molecular flexibility index (Phi) is 5.40. The first-order valence-corrected chi connectivity index (χ1v) is 7.28. The normalized spacial score (nSPS) is 10.3. The summed E-state index contributed by atoms with van der Waals surface area (Å²) < 4.78 is 0. The number of aliphatic hydroxyl groups is 1. The van der Waals surface area contributed by atoms with E-state index in [1.165, 1.54) is 11.8 Å². The Hall–Kier alpha value is -1.56. The van der Waals surface area contributed by atoms with Gasteiger partial charge in [-0.1, -0.05) is 23.7 Å². The topological polar surface area (TPSA) is 62.2 Å². The molecule has 0 aliphatic carbocycles. The van der Waals surface area contributed by atoms with E-state index in [1.807, 2.05) is 24.3 Å². The van der Waals surface area contributed by atoms with Crippen LogP contribution in [0.25, 0.3) is 0 Å². The fraction of sp³-hybridized carbons (Fsp3) is 0.143. The lowest BCUT2D eigenvalue weighted by atomic mass is 10.2. The molecule has 2 N–H and O–H groups in total. The minimum Gasteiger partial charge on any atom is -0.392 e. The average molecular weight is 309 g/mol. The van der Waals surface area contributed by atoms with E-state index >= 15 is 0 Å². The van der Waals surface area contributed by atoms with Crippen molar-refractivity contribution < 1.29 is 9.90 Å². The lowest BCUT2D eigenvalue weighted by Gasteiger charge is -2.06. The number of thioether (sulfide) groups is 1. The van der Waals surface area contributed by atoms with Crippen LogP contribution in [0.2, 0.25) is 5.15 Å². The summed E-state index contributed by atoms with van der Waals surface area (Å²) in [5.74, 6) is 0.139. The molecule has 0 unspecified atom stereocenters. The van der Waals surface area contributed by atoms with Gasteiger partial charge in [0.05, 0.1) is 18.0 Å². The Bertz CT molecular complexity index is 590. The number of aromatic nitrogens is 1. The molecule has 1 amide bonds. The fourth-order valence-corrected chi connectivity index (χ4v) is 2.37. The van der Waals surface area contributed by atoms with E-state index in [0.29, 0.717) is 5.69 Å². The largest absolute Gasteiger partial charge is 0.392 e. The molecule has 0 aliphatic heterocycles. The summed E-state index contributed by atoms with van der Waals surface area (Å²) in [5.41, 5.74) is 1.36. The maximum absolute atomic E-state index is 11.8. The standard InChI is InChI=1S/C14H13ClN2O2S/c15-14-12(2-1-7-16-14)17-13(19)9-20-11-5-3-10(8-18)4-6-11/h1-7,18H,8-9H2,(H,17,19). The van der Waals surface area contributed by atoms with Gasteiger partial charge in [-0.05, 0) is 29.8 Å². The van der Waals surface area contributed by atoms with Gasteiger partial charge in [0, 0.05) is 11.1 Å². The number of rotatable bonds is 5. The number of carbonyl (C=O) groups is 1. The highest BCUT2D eigenvalue weighted by atomic mass is 35.5. The molecule has 0 bridgehead atoms. The number of hydrogen-bond donors (Lipinski definition) is 2. The lowest BCUT2D eigenvalue weighted by molar-refractivity contribution is -0.113.